The molecule has 0 saturated carbocycles. The zero-order chi connectivity index (χ0) is 18.0. The van der Waals surface area contributed by atoms with Crippen LogP contribution in [0.2, 0.25) is 0 Å². The monoisotopic (exact) mass is 342 g/mol. The number of hydrogen-bond donors (Lipinski definition) is 1. The molecule has 0 bridgehead atoms. The molecule has 0 aliphatic heterocycles. The normalized spacial score (nSPS) is 10.6. The van der Waals surface area contributed by atoms with Crippen molar-refractivity contribution in [2.75, 3.05) is 7.11 Å². The number of carbonyl (C=O) groups excluding carboxylic acids is 2. The zero-order valence-corrected chi connectivity index (χ0v) is 13.5. The van der Waals surface area contributed by atoms with Crippen molar-refractivity contribution in [3.63, 3.8) is 0 Å². The molecule has 0 aliphatic rings. The Bertz CT molecular complexity index is 1020. The number of carbonyl (C=O) groups is 2. The number of hydrogen-bond acceptors (Lipinski definition) is 7. The second-order valence-electron chi connectivity index (χ2n) is 5.20. The van der Waals surface area contributed by atoms with Crippen LogP contribution in [0.15, 0.2) is 39.7 Å². The lowest BCUT2D eigenvalue weighted by Crippen LogP contribution is -2.15. The minimum absolute atomic E-state index is 0.161. The molecule has 0 aliphatic carbocycles. The van der Waals surface area contributed by atoms with E-state index in [0.717, 1.165) is 0 Å². The molecule has 0 atom stereocenters. The number of fused-ring (bicyclic) bond motifs is 1. The fraction of sp³-hybridized carbons (Fsp3) is 0.176. The maximum atomic E-state index is 12.1. The van der Waals surface area contributed by atoms with E-state index in [1.54, 1.807) is 6.92 Å². The van der Waals surface area contributed by atoms with E-state index in [4.69, 9.17) is 9.15 Å². The van der Waals surface area contributed by atoms with E-state index in [1.165, 1.54) is 37.6 Å². The van der Waals surface area contributed by atoms with Crippen molar-refractivity contribution in [1.82, 2.24) is 9.97 Å². The Morgan fingerprint density at radius 1 is 1.24 bits per heavy atom. The molecule has 1 N–H and O–H groups in total. The summed E-state index contributed by atoms with van der Waals surface area (Å²) < 4.78 is 14.8. The minimum atomic E-state index is -0.586. The molecule has 0 amide bonds. The summed E-state index contributed by atoms with van der Waals surface area (Å²) in [6.45, 7) is 1.41. The highest BCUT2D eigenvalue weighted by Gasteiger charge is 2.14. The van der Waals surface area contributed by atoms with E-state index < -0.39 is 17.5 Å². The Balaban J connectivity index is 1.86. The van der Waals surface area contributed by atoms with Crippen molar-refractivity contribution in [2.45, 2.75) is 13.5 Å². The van der Waals surface area contributed by atoms with Crippen LogP contribution in [0.4, 0.5) is 0 Å². The van der Waals surface area contributed by atoms with Crippen LogP contribution in [0.25, 0.3) is 10.9 Å². The fourth-order valence-electron chi connectivity index (χ4n) is 2.31. The Labute approximate surface area is 141 Å². The molecule has 128 valence electrons. The summed E-state index contributed by atoms with van der Waals surface area (Å²) in [4.78, 5) is 42.4. The average molecular weight is 342 g/mol. The third kappa shape index (κ3) is 3.27. The third-order valence-electron chi connectivity index (χ3n) is 3.60. The van der Waals surface area contributed by atoms with Crippen LogP contribution in [0.1, 0.15) is 32.3 Å². The summed E-state index contributed by atoms with van der Waals surface area (Å²) in [5.74, 6) is -0.522. The number of esters is 2. The molecular weight excluding hydrogens is 328 g/mol. The van der Waals surface area contributed by atoms with Crippen LogP contribution in [0.3, 0.4) is 0 Å². The molecule has 0 radical (unpaired) electrons. The quantitative estimate of drug-likeness (QED) is 0.721. The second-order valence-corrected chi connectivity index (χ2v) is 5.20. The van der Waals surface area contributed by atoms with Crippen molar-refractivity contribution in [1.29, 1.82) is 0 Å². The second kappa shape index (κ2) is 6.60. The maximum absolute atomic E-state index is 12.1. The number of furan rings is 1. The third-order valence-corrected chi connectivity index (χ3v) is 3.60. The largest absolute Gasteiger partial charge is 0.469 e. The molecule has 25 heavy (non-hydrogen) atoms. The van der Waals surface area contributed by atoms with Crippen LogP contribution < -0.4 is 5.56 Å². The molecule has 0 saturated heterocycles. The Morgan fingerprint density at radius 2 is 2.04 bits per heavy atom. The highest BCUT2D eigenvalue weighted by atomic mass is 16.5. The first kappa shape index (κ1) is 16.4. The van der Waals surface area contributed by atoms with Gasteiger partial charge in [-0.05, 0) is 31.2 Å². The Kier molecular flexibility index (Phi) is 4.34. The summed E-state index contributed by atoms with van der Waals surface area (Å²) in [6, 6.07) is 5.91. The number of methoxy groups -OCH3 is 1. The van der Waals surface area contributed by atoms with Crippen molar-refractivity contribution in [3.8, 4) is 0 Å². The lowest BCUT2D eigenvalue weighted by Gasteiger charge is -2.06. The number of aromatic amines is 1. The standard InChI is InChI=1S/C17H14N2O6/c1-9-11(5-6-24-9)17(22)25-8-14-18-13-7-10(16(21)23-2)3-4-12(13)15(20)19-14/h3-7H,8H2,1-2H3,(H,18,19,20). The molecule has 3 rings (SSSR count). The van der Waals surface area contributed by atoms with Crippen LogP contribution in [-0.4, -0.2) is 29.0 Å². The number of aryl methyl sites for hydroxylation is 1. The Morgan fingerprint density at radius 3 is 2.72 bits per heavy atom. The van der Waals surface area contributed by atoms with Gasteiger partial charge in [-0.1, -0.05) is 0 Å². The highest BCUT2D eigenvalue weighted by Crippen LogP contribution is 2.13. The lowest BCUT2D eigenvalue weighted by atomic mass is 10.1. The summed E-state index contributed by atoms with van der Waals surface area (Å²) >= 11 is 0. The number of aromatic nitrogens is 2. The van der Waals surface area contributed by atoms with E-state index in [-0.39, 0.29) is 18.0 Å². The molecule has 8 heteroatoms. The number of rotatable bonds is 4. The van der Waals surface area contributed by atoms with Crippen molar-refractivity contribution in [3.05, 3.63) is 63.6 Å². The van der Waals surface area contributed by atoms with Crippen LogP contribution in [-0.2, 0) is 16.1 Å². The van der Waals surface area contributed by atoms with Gasteiger partial charge >= 0.3 is 11.9 Å². The summed E-state index contributed by atoms with van der Waals surface area (Å²) in [5, 5.41) is 0.313. The summed E-state index contributed by atoms with van der Waals surface area (Å²) in [5.41, 5.74) is 0.477. The fourth-order valence-corrected chi connectivity index (χ4v) is 2.31. The van der Waals surface area contributed by atoms with Gasteiger partial charge in [-0.25, -0.2) is 14.6 Å². The van der Waals surface area contributed by atoms with Crippen LogP contribution in [0, 0.1) is 6.92 Å². The van der Waals surface area contributed by atoms with Gasteiger partial charge < -0.3 is 18.9 Å². The highest BCUT2D eigenvalue weighted by molar-refractivity contribution is 5.94. The van der Waals surface area contributed by atoms with E-state index in [9.17, 15) is 14.4 Å². The molecule has 8 nitrogen and oxygen atoms in total. The van der Waals surface area contributed by atoms with Gasteiger partial charge in [0.05, 0.1) is 29.8 Å². The lowest BCUT2D eigenvalue weighted by molar-refractivity contribution is 0.0460. The predicted octanol–water partition coefficient (Wildman–Crippen LogP) is 1.97. The molecule has 0 unspecified atom stereocenters. The van der Waals surface area contributed by atoms with Crippen molar-refractivity contribution < 1.29 is 23.5 Å². The van der Waals surface area contributed by atoms with Gasteiger partial charge in [-0.3, -0.25) is 4.79 Å². The van der Waals surface area contributed by atoms with Gasteiger partial charge in [0, 0.05) is 0 Å². The van der Waals surface area contributed by atoms with Gasteiger partial charge in [0.25, 0.3) is 5.56 Å². The molecule has 1 aromatic carbocycles. The smallest absolute Gasteiger partial charge is 0.342 e. The van der Waals surface area contributed by atoms with E-state index >= 15 is 0 Å². The molecule has 3 aromatic rings. The van der Waals surface area contributed by atoms with Gasteiger partial charge in [0.1, 0.15) is 23.8 Å². The molecule has 2 heterocycles. The first-order valence-corrected chi connectivity index (χ1v) is 7.32. The van der Waals surface area contributed by atoms with Crippen molar-refractivity contribution >= 4 is 22.8 Å². The first-order chi connectivity index (χ1) is 12.0. The number of nitrogens with one attached hydrogen (secondary N) is 1. The number of nitrogens with zero attached hydrogens (tertiary/aromatic N) is 1. The first-order valence-electron chi connectivity index (χ1n) is 7.32. The average Bonchev–Trinajstić information content (AvgIpc) is 3.04. The number of H-pyrrole nitrogens is 1. The van der Waals surface area contributed by atoms with Gasteiger partial charge in [-0.15, -0.1) is 0 Å². The SMILES string of the molecule is COC(=O)c1ccc2c(=O)[nH]c(COC(=O)c3ccoc3C)nc2c1. The van der Waals surface area contributed by atoms with Crippen molar-refractivity contribution in [2.24, 2.45) is 0 Å². The van der Waals surface area contributed by atoms with E-state index in [1.807, 2.05) is 0 Å². The maximum Gasteiger partial charge on any atom is 0.342 e. The summed E-state index contributed by atoms with van der Waals surface area (Å²) in [6.07, 6.45) is 1.39. The summed E-state index contributed by atoms with van der Waals surface area (Å²) in [7, 11) is 1.26. The van der Waals surface area contributed by atoms with Crippen LogP contribution in [0.5, 0.6) is 0 Å². The number of benzene rings is 1. The zero-order valence-electron chi connectivity index (χ0n) is 13.5. The number of ether oxygens (including phenoxy) is 2. The Hall–Kier alpha value is -3.42. The minimum Gasteiger partial charge on any atom is -0.469 e. The molecule has 0 fully saturated rings. The molecular formula is C17H14N2O6. The topological polar surface area (TPSA) is 111 Å². The van der Waals surface area contributed by atoms with E-state index in [0.29, 0.717) is 22.2 Å². The van der Waals surface area contributed by atoms with Crippen LogP contribution >= 0.6 is 0 Å². The van der Waals surface area contributed by atoms with Gasteiger partial charge in [0.15, 0.2) is 0 Å². The predicted molar refractivity (Wildman–Crippen MR) is 86.3 cm³/mol. The van der Waals surface area contributed by atoms with Gasteiger partial charge in [-0.2, -0.15) is 0 Å². The van der Waals surface area contributed by atoms with Gasteiger partial charge in [0.2, 0.25) is 0 Å². The molecule has 0 spiro atoms. The van der Waals surface area contributed by atoms with E-state index in [2.05, 4.69) is 14.7 Å². The molecule has 2 aromatic heterocycles.